The number of ketones is 1. The van der Waals surface area contributed by atoms with Gasteiger partial charge in [0.1, 0.15) is 0 Å². The van der Waals surface area contributed by atoms with Crippen LogP contribution in [0.5, 0.6) is 0 Å². The Balaban J connectivity index is 1.22. The first-order chi connectivity index (χ1) is 14.2. The SMILES string of the molecule is O=C(c1ccccc1)c1cn(CCCN2CCN(c3ccc(Cl)cc3)CC2)nn1. The Morgan fingerprint density at radius 1 is 0.931 bits per heavy atom. The second-order valence-electron chi connectivity index (χ2n) is 7.22. The number of halogens is 1. The Kier molecular flexibility index (Phi) is 6.22. The highest BCUT2D eigenvalue weighted by atomic mass is 35.5. The normalized spacial score (nSPS) is 14.9. The summed E-state index contributed by atoms with van der Waals surface area (Å²) in [4.78, 5) is 17.3. The van der Waals surface area contributed by atoms with Gasteiger partial charge in [-0.2, -0.15) is 0 Å². The van der Waals surface area contributed by atoms with Crippen molar-refractivity contribution in [2.24, 2.45) is 0 Å². The molecular formula is C22H24ClN5O. The number of carbonyl (C=O) groups is 1. The van der Waals surface area contributed by atoms with Crippen molar-refractivity contribution in [1.82, 2.24) is 19.9 Å². The van der Waals surface area contributed by atoms with Crippen molar-refractivity contribution in [2.45, 2.75) is 13.0 Å². The molecule has 0 saturated carbocycles. The van der Waals surface area contributed by atoms with Crippen LogP contribution in [0.15, 0.2) is 60.8 Å². The summed E-state index contributed by atoms with van der Waals surface area (Å²) in [6.07, 6.45) is 2.72. The topological polar surface area (TPSA) is 54.3 Å². The molecule has 6 nitrogen and oxygen atoms in total. The van der Waals surface area contributed by atoms with Gasteiger partial charge < -0.3 is 4.90 Å². The molecule has 0 amide bonds. The van der Waals surface area contributed by atoms with Crippen LogP contribution in [0.1, 0.15) is 22.5 Å². The van der Waals surface area contributed by atoms with E-state index in [0.29, 0.717) is 11.3 Å². The van der Waals surface area contributed by atoms with Crippen LogP contribution in [0.2, 0.25) is 5.02 Å². The van der Waals surface area contributed by atoms with E-state index in [0.717, 1.165) is 50.7 Å². The Morgan fingerprint density at radius 2 is 1.66 bits per heavy atom. The molecule has 7 heteroatoms. The van der Waals surface area contributed by atoms with Gasteiger partial charge in [0, 0.05) is 55.5 Å². The van der Waals surface area contributed by atoms with Gasteiger partial charge in [0.15, 0.2) is 5.69 Å². The van der Waals surface area contributed by atoms with Crippen molar-refractivity contribution in [3.05, 3.63) is 77.1 Å². The van der Waals surface area contributed by atoms with Crippen molar-refractivity contribution in [1.29, 1.82) is 0 Å². The number of carbonyl (C=O) groups excluding carboxylic acids is 1. The van der Waals surface area contributed by atoms with E-state index >= 15 is 0 Å². The first kappa shape index (κ1) is 19.6. The van der Waals surface area contributed by atoms with Gasteiger partial charge in [0.05, 0.1) is 6.20 Å². The van der Waals surface area contributed by atoms with Gasteiger partial charge in [-0.25, -0.2) is 0 Å². The maximum absolute atomic E-state index is 12.4. The fourth-order valence-electron chi connectivity index (χ4n) is 3.59. The van der Waals surface area contributed by atoms with Crippen LogP contribution >= 0.6 is 11.6 Å². The van der Waals surface area contributed by atoms with Crippen LogP contribution < -0.4 is 4.90 Å². The number of nitrogens with zero attached hydrogens (tertiary/aromatic N) is 5. The summed E-state index contributed by atoms with van der Waals surface area (Å²) in [5.41, 5.74) is 2.26. The van der Waals surface area contributed by atoms with Crippen LogP contribution in [-0.2, 0) is 6.54 Å². The lowest BCUT2D eigenvalue weighted by molar-refractivity contribution is 0.103. The number of hydrogen-bond acceptors (Lipinski definition) is 5. The molecule has 0 unspecified atom stereocenters. The zero-order valence-electron chi connectivity index (χ0n) is 16.2. The second-order valence-corrected chi connectivity index (χ2v) is 7.66. The second kappa shape index (κ2) is 9.20. The molecule has 3 aromatic rings. The van der Waals surface area contributed by atoms with E-state index in [1.807, 2.05) is 30.3 Å². The van der Waals surface area contributed by atoms with Crippen molar-refractivity contribution in [3.63, 3.8) is 0 Å². The molecule has 0 spiro atoms. The monoisotopic (exact) mass is 409 g/mol. The number of rotatable bonds is 7. The lowest BCUT2D eigenvalue weighted by atomic mass is 10.1. The number of benzene rings is 2. The molecule has 0 aliphatic carbocycles. The average Bonchev–Trinajstić information content (AvgIpc) is 3.24. The first-order valence-corrected chi connectivity index (χ1v) is 10.3. The molecule has 1 aliphatic rings. The first-order valence-electron chi connectivity index (χ1n) is 9.92. The lowest BCUT2D eigenvalue weighted by Crippen LogP contribution is -2.46. The summed E-state index contributed by atoms with van der Waals surface area (Å²) < 4.78 is 1.76. The summed E-state index contributed by atoms with van der Waals surface area (Å²) in [6, 6.07) is 17.2. The fourth-order valence-corrected chi connectivity index (χ4v) is 3.71. The molecule has 0 bridgehead atoms. The summed E-state index contributed by atoms with van der Waals surface area (Å²) in [7, 11) is 0. The van der Waals surface area contributed by atoms with Crippen LogP contribution in [0.3, 0.4) is 0 Å². The van der Waals surface area contributed by atoms with Crippen molar-refractivity contribution in [3.8, 4) is 0 Å². The summed E-state index contributed by atoms with van der Waals surface area (Å²) in [5.74, 6) is -0.0878. The van der Waals surface area contributed by atoms with Gasteiger partial charge in [0.25, 0.3) is 0 Å². The van der Waals surface area contributed by atoms with E-state index in [1.54, 1.807) is 23.0 Å². The molecule has 2 heterocycles. The van der Waals surface area contributed by atoms with Gasteiger partial charge in [0.2, 0.25) is 5.78 Å². The quantitative estimate of drug-likeness (QED) is 0.560. The maximum atomic E-state index is 12.4. The van der Waals surface area contributed by atoms with Crippen LogP contribution in [0.25, 0.3) is 0 Å². The van der Waals surface area contributed by atoms with Gasteiger partial charge in [-0.3, -0.25) is 14.4 Å². The fraction of sp³-hybridized carbons (Fsp3) is 0.318. The van der Waals surface area contributed by atoms with E-state index in [2.05, 4.69) is 32.2 Å². The van der Waals surface area contributed by atoms with Gasteiger partial charge in [-0.1, -0.05) is 47.1 Å². The van der Waals surface area contributed by atoms with Crippen LogP contribution in [0.4, 0.5) is 5.69 Å². The Labute approximate surface area is 175 Å². The summed E-state index contributed by atoms with van der Waals surface area (Å²) in [6.45, 7) is 5.87. The highest BCUT2D eigenvalue weighted by Crippen LogP contribution is 2.19. The molecule has 4 rings (SSSR count). The minimum atomic E-state index is -0.0878. The highest BCUT2D eigenvalue weighted by Gasteiger charge is 2.17. The predicted octanol–water partition coefficient (Wildman–Crippen LogP) is 3.37. The molecule has 1 saturated heterocycles. The third-order valence-electron chi connectivity index (χ3n) is 5.23. The van der Waals surface area contributed by atoms with Gasteiger partial charge in [-0.15, -0.1) is 5.10 Å². The van der Waals surface area contributed by atoms with E-state index in [4.69, 9.17) is 11.6 Å². The molecule has 1 aliphatic heterocycles. The maximum Gasteiger partial charge on any atom is 0.214 e. The van der Waals surface area contributed by atoms with Crippen molar-refractivity contribution < 1.29 is 4.79 Å². The smallest absolute Gasteiger partial charge is 0.214 e. The molecule has 0 N–H and O–H groups in total. The standard InChI is InChI=1S/C22H24ClN5O/c23-19-7-9-20(10-8-19)27-15-13-26(14-16-27)11-4-12-28-17-21(24-25-28)22(29)18-5-2-1-3-6-18/h1-3,5-10,17H,4,11-16H2. The summed E-state index contributed by atoms with van der Waals surface area (Å²) >= 11 is 5.97. The molecule has 150 valence electrons. The zero-order chi connectivity index (χ0) is 20.1. The molecular weight excluding hydrogens is 386 g/mol. The number of hydrogen-bond donors (Lipinski definition) is 0. The van der Waals surface area contributed by atoms with E-state index < -0.39 is 0 Å². The lowest BCUT2D eigenvalue weighted by Gasteiger charge is -2.36. The molecule has 1 fully saturated rings. The Bertz CT molecular complexity index is 933. The van der Waals surface area contributed by atoms with E-state index in [-0.39, 0.29) is 5.78 Å². The van der Waals surface area contributed by atoms with Gasteiger partial charge >= 0.3 is 0 Å². The van der Waals surface area contributed by atoms with E-state index in [1.165, 1.54) is 5.69 Å². The van der Waals surface area contributed by atoms with Crippen LogP contribution in [0, 0.1) is 0 Å². The average molecular weight is 410 g/mol. The number of piperazine rings is 1. The molecule has 1 aromatic heterocycles. The minimum Gasteiger partial charge on any atom is -0.369 e. The molecule has 2 aromatic carbocycles. The highest BCUT2D eigenvalue weighted by molar-refractivity contribution is 6.30. The van der Waals surface area contributed by atoms with Crippen molar-refractivity contribution >= 4 is 23.1 Å². The largest absolute Gasteiger partial charge is 0.369 e. The molecule has 0 radical (unpaired) electrons. The third-order valence-corrected chi connectivity index (χ3v) is 5.48. The van der Waals surface area contributed by atoms with Gasteiger partial charge in [-0.05, 0) is 30.7 Å². The minimum absolute atomic E-state index is 0.0878. The number of aryl methyl sites for hydroxylation is 1. The van der Waals surface area contributed by atoms with E-state index in [9.17, 15) is 4.79 Å². The van der Waals surface area contributed by atoms with Crippen LogP contribution in [-0.4, -0.2) is 58.4 Å². The Hall–Kier alpha value is -2.70. The third kappa shape index (κ3) is 5.02. The molecule has 29 heavy (non-hydrogen) atoms. The molecule has 0 atom stereocenters. The number of anilines is 1. The zero-order valence-corrected chi connectivity index (χ0v) is 17.0. The number of aromatic nitrogens is 3. The Morgan fingerprint density at radius 3 is 2.38 bits per heavy atom. The predicted molar refractivity (Wildman–Crippen MR) is 115 cm³/mol. The van der Waals surface area contributed by atoms with Crippen molar-refractivity contribution in [2.75, 3.05) is 37.6 Å². The summed E-state index contributed by atoms with van der Waals surface area (Å²) in [5, 5.41) is 8.93.